The van der Waals surface area contributed by atoms with E-state index in [0.717, 1.165) is 30.5 Å². The second-order valence-electron chi connectivity index (χ2n) is 13.2. The maximum atomic E-state index is 12.6. The molecule has 0 aliphatic heterocycles. The number of nitrogens with one attached hydrogen (secondary N) is 2. The van der Waals surface area contributed by atoms with Gasteiger partial charge in [0.2, 0.25) is 5.91 Å². The van der Waals surface area contributed by atoms with Gasteiger partial charge in [-0.3, -0.25) is 4.79 Å². The van der Waals surface area contributed by atoms with Crippen LogP contribution in [-0.2, 0) is 24.2 Å². The van der Waals surface area contributed by atoms with Crippen LogP contribution in [0.3, 0.4) is 0 Å². The Morgan fingerprint density at radius 3 is 2.45 bits per heavy atom. The molecule has 0 spiro atoms. The minimum atomic E-state index is -2.43. The van der Waals surface area contributed by atoms with Crippen LogP contribution < -0.4 is 10.6 Å². The van der Waals surface area contributed by atoms with Crippen molar-refractivity contribution in [3.8, 4) is 5.75 Å². The molecule has 222 valence electrons. The van der Waals surface area contributed by atoms with Crippen LogP contribution in [-0.4, -0.2) is 48.4 Å². The highest BCUT2D eigenvalue weighted by molar-refractivity contribution is 6.72. The molecule has 5 N–H and O–H groups in total. The lowest BCUT2D eigenvalue weighted by Crippen LogP contribution is -2.41. The molecule has 6 nitrogen and oxygen atoms in total. The van der Waals surface area contributed by atoms with Gasteiger partial charge in [0, 0.05) is 24.7 Å². The molecule has 7 heteroatoms. The molecule has 3 rings (SSSR count). The van der Waals surface area contributed by atoms with Crippen LogP contribution in [0.1, 0.15) is 87.5 Å². The minimum Gasteiger partial charge on any atom is -0.508 e. The molecule has 0 heterocycles. The molecule has 1 fully saturated rings. The summed E-state index contributed by atoms with van der Waals surface area (Å²) in [7, 11) is -2.43. The average Bonchev–Trinajstić information content (AvgIpc) is 2.90. The zero-order valence-electron chi connectivity index (χ0n) is 25.3. The van der Waals surface area contributed by atoms with E-state index >= 15 is 0 Å². The van der Waals surface area contributed by atoms with E-state index < -0.39 is 8.32 Å². The van der Waals surface area contributed by atoms with Crippen molar-refractivity contribution in [2.75, 3.05) is 13.1 Å². The van der Waals surface area contributed by atoms with Gasteiger partial charge in [0.1, 0.15) is 5.75 Å². The molecular formula is C33H52N2O4Si. The SMILES string of the molecule is C[C@H](Cc1cccc(CC(=O)NCC2CCCCC2)c1)NC[C@H](CC(C)(C)[Si](C)(C)O)c1ccc(O)c(CO)c1. The van der Waals surface area contributed by atoms with E-state index in [9.17, 15) is 19.8 Å². The van der Waals surface area contributed by atoms with E-state index in [1.54, 1.807) is 6.07 Å². The number of benzene rings is 2. The van der Waals surface area contributed by atoms with Crippen molar-refractivity contribution in [1.82, 2.24) is 10.6 Å². The van der Waals surface area contributed by atoms with Crippen LogP contribution >= 0.6 is 0 Å². The second kappa shape index (κ2) is 14.6. The van der Waals surface area contributed by atoms with E-state index in [2.05, 4.69) is 43.5 Å². The van der Waals surface area contributed by atoms with E-state index in [4.69, 9.17) is 0 Å². The fourth-order valence-electron chi connectivity index (χ4n) is 5.69. The van der Waals surface area contributed by atoms with Crippen molar-refractivity contribution in [2.24, 2.45) is 5.92 Å². The quantitative estimate of drug-likeness (QED) is 0.186. The van der Waals surface area contributed by atoms with Gasteiger partial charge in [0.15, 0.2) is 8.32 Å². The van der Waals surface area contributed by atoms with Crippen molar-refractivity contribution in [3.63, 3.8) is 0 Å². The molecule has 1 aliphatic rings. The maximum Gasteiger partial charge on any atom is 0.224 e. The summed E-state index contributed by atoms with van der Waals surface area (Å²) >= 11 is 0. The van der Waals surface area contributed by atoms with Crippen LogP contribution in [0.25, 0.3) is 0 Å². The molecule has 1 amide bonds. The first-order valence-electron chi connectivity index (χ1n) is 15.1. The molecule has 0 bridgehead atoms. The Kier molecular flexibility index (Phi) is 11.8. The summed E-state index contributed by atoms with van der Waals surface area (Å²) in [5, 5.41) is 26.4. The third kappa shape index (κ3) is 9.72. The number of aromatic hydroxyl groups is 1. The fourth-order valence-corrected chi connectivity index (χ4v) is 6.44. The first kappa shape index (κ1) is 32.3. The van der Waals surface area contributed by atoms with Crippen molar-refractivity contribution in [2.45, 2.75) is 109 Å². The molecule has 2 atom stereocenters. The molecule has 2 aromatic rings. The Labute approximate surface area is 242 Å². The Balaban J connectivity index is 1.60. The molecule has 1 saturated carbocycles. The predicted octanol–water partition coefficient (Wildman–Crippen LogP) is 5.80. The average molecular weight is 569 g/mol. The summed E-state index contributed by atoms with van der Waals surface area (Å²) in [5.41, 5.74) is 3.81. The van der Waals surface area contributed by atoms with Crippen molar-refractivity contribution < 1.29 is 19.8 Å². The lowest BCUT2D eigenvalue weighted by atomic mass is 9.88. The highest BCUT2D eigenvalue weighted by atomic mass is 28.4. The summed E-state index contributed by atoms with van der Waals surface area (Å²) in [4.78, 5) is 23.5. The monoisotopic (exact) mass is 568 g/mol. The first-order chi connectivity index (χ1) is 18.9. The van der Waals surface area contributed by atoms with Gasteiger partial charge >= 0.3 is 0 Å². The lowest BCUT2D eigenvalue weighted by Gasteiger charge is -2.38. The van der Waals surface area contributed by atoms with Gasteiger partial charge in [-0.05, 0) is 91.4 Å². The minimum absolute atomic E-state index is 0.102. The third-order valence-corrected chi connectivity index (χ3v) is 12.6. The molecular weight excluding hydrogens is 516 g/mol. The first-order valence-corrected chi connectivity index (χ1v) is 18.1. The molecule has 0 unspecified atom stereocenters. The summed E-state index contributed by atoms with van der Waals surface area (Å²) in [6.45, 7) is 11.7. The number of aliphatic hydroxyl groups is 1. The van der Waals surface area contributed by atoms with Gasteiger partial charge < -0.3 is 25.6 Å². The molecule has 40 heavy (non-hydrogen) atoms. The van der Waals surface area contributed by atoms with Crippen molar-refractivity contribution >= 4 is 14.2 Å². The number of carbonyl (C=O) groups is 1. The highest BCUT2D eigenvalue weighted by Crippen LogP contribution is 2.44. The Bertz CT molecular complexity index is 1090. The van der Waals surface area contributed by atoms with Crippen LogP contribution in [0.2, 0.25) is 18.1 Å². The van der Waals surface area contributed by atoms with Gasteiger partial charge in [-0.15, -0.1) is 0 Å². The molecule has 0 aromatic heterocycles. The van der Waals surface area contributed by atoms with Crippen LogP contribution in [0.15, 0.2) is 42.5 Å². The smallest absolute Gasteiger partial charge is 0.224 e. The lowest BCUT2D eigenvalue weighted by molar-refractivity contribution is -0.120. The van der Waals surface area contributed by atoms with Gasteiger partial charge in [-0.2, -0.15) is 0 Å². The molecule has 0 radical (unpaired) electrons. The van der Waals surface area contributed by atoms with E-state index in [-0.39, 0.29) is 35.3 Å². The van der Waals surface area contributed by atoms with Crippen LogP contribution in [0.5, 0.6) is 5.75 Å². The summed E-state index contributed by atoms with van der Waals surface area (Å²) < 4.78 is 0. The summed E-state index contributed by atoms with van der Waals surface area (Å²) in [5.74, 6) is 0.949. The van der Waals surface area contributed by atoms with E-state index in [1.807, 2.05) is 37.4 Å². The zero-order chi connectivity index (χ0) is 29.3. The topological polar surface area (TPSA) is 102 Å². The third-order valence-electron chi connectivity index (χ3n) is 9.08. The van der Waals surface area contributed by atoms with Gasteiger partial charge in [-0.25, -0.2) is 0 Å². The fraction of sp³-hybridized carbons (Fsp3) is 0.606. The Morgan fingerprint density at radius 1 is 1.07 bits per heavy atom. The zero-order valence-corrected chi connectivity index (χ0v) is 26.3. The number of hydrogen-bond acceptors (Lipinski definition) is 5. The highest BCUT2D eigenvalue weighted by Gasteiger charge is 2.40. The largest absolute Gasteiger partial charge is 0.508 e. The Hall–Kier alpha value is -2.19. The van der Waals surface area contributed by atoms with Gasteiger partial charge in [-0.1, -0.05) is 63.4 Å². The predicted molar refractivity (Wildman–Crippen MR) is 166 cm³/mol. The molecule has 0 saturated heterocycles. The number of hydrogen-bond donors (Lipinski definition) is 5. The number of amides is 1. The van der Waals surface area contributed by atoms with Crippen LogP contribution in [0, 0.1) is 5.92 Å². The standard InChI is InChI=1S/C33H52N2O4Si/c1-24(16-26-12-9-13-27(17-26)18-32(38)35-21-25-10-7-6-8-11-25)34-22-30(20-33(2,3)40(4,5)39)28-14-15-31(37)29(19-28)23-36/h9,12-15,17,19,24-25,30,34,36-37,39H,6-8,10-11,16,18,20-23H2,1-5H3,(H,35,38)/t24-,30+/m1/s1. The van der Waals surface area contributed by atoms with Crippen molar-refractivity contribution in [1.29, 1.82) is 0 Å². The normalized spacial score (nSPS) is 16.5. The van der Waals surface area contributed by atoms with Gasteiger partial charge in [0.05, 0.1) is 13.0 Å². The number of rotatable bonds is 14. The van der Waals surface area contributed by atoms with E-state index in [1.165, 1.54) is 37.7 Å². The Morgan fingerprint density at radius 2 is 1.77 bits per heavy atom. The van der Waals surface area contributed by atoms with Gasteiger partial charge in [0.25, 0.3) is 0 Å². The number of phenols is 1. The number of aliphatic hydroxyl groups excluding tert-OH is 1. The number of carbonyl (C=O) groups excluding carboxylic acids is 1. The second-order valence-corrected chi connectivity index (χ2v) is 17.7. The van der Waals surface area contributed by atoms with Crippen molar-refractivity contribution in [3.05, 3.63) is 64.7 Å². The van der Waals surface area contributed by atoms with E-state index in [0.29, 0.717) is 24.4 Å². The summed E-state index contributed by atoms with van der Waals surface area (Å²) in [6, 6.07) is 14.0. The summed E-state index contributed by atoms with van der Waals surface area (Å²) in [6.07, 6.45) is 8.40. The van der Waals surface area contributed by atoms with Crippen LogP contribution in [0.4, 0.5) is 0 Å². The molecule has 2 aromatic carbocycles. The molecule has 1 aliphatic carbocycles. The maximum absolute atomic E-state index is 12.6.